The molecule has 0 aromatic carbocycles. The maximum atomic E-state index is 12.7. The highest BCUT2D eigenvalue weighted by Gasteiger charge is 2.29. The van der Waals surface area contributed by atoms with Crippen LogP contribution in [0, 0.1) is 5.92 Å². The van der Waals surface area contributed by atoms with E-state index in [0.29, 0.717) is 18.2 Å². The molecule has 30 heavy (non-hydrogen) atoms. The topological polar surface area (TPSA) is 79.3 Å². The first-order chi connectivity index (χ1) is 14.2. The number of nitrogens with zero attached hydrogens (tertiary/aromatic N) is 3. The second-order valence-electron chi connectivity index (χ2n) is 9.12. The second-order valence-corrected chi connectivity index (χ2v) is 9.12. The summed E-state index contributed by atoms with van der Waals surface area (Å²) in [5.41, 5.74) is 2.76. The summed E-state index contributed by atoms with van der Waals surface area (Å²) in [5, 5.41) is 5.22. The molecule has 1 aromatic heterocycles. The van der Waals surface area contributed by atoms with E-state index in [4.69, 9.17) is 4.98 Å². The Labute approximate surface area is 184 Å². The van der Waals surface area contributed by atoms with E-state index < -0.39 is 0 Å². The van der Waals surface area contributed by atoms with Gasteiger partial charge in [-0.25, -0.2) is 4.98 Å². The lowest BCUT2D eigenvalue weighted by molar-refractivity contribution is -0.119. The fourth-order valence-corrected chi connectivity index (χ4v) is 3.86. The van der Waals surface area contributed by atoms with Gasteiger partial charge in [-0.15, -0.1) is 0 Å². The molecule has 1 aliphatic carbocycles. The van der Waals surface area contributed by atoms with Gasteiger partial charge >= 0.3 is 0 Å². The number of amides is 2. The number of hydrogen-bond donors (Lipinski definition) is 2. The van der Waals surface area contributed by atoms with Crippen molar-refractivity contribution in [2.24, 2.45) is 5.92 Å². The van der Waals surface area contributed by atoms with Crippen molar-refractivity contribution in [1.29, 1.82) is 0 Å². The summed E-state index contributed by atoms with van der Waals surface area (Å²) in [7, 11) is 3.63. The standard InChI is InChI=1S/C19H29N5O2.C4H10.2H2/c1-13-5-7-14(8-6-13)18-22-17(19(26)21-11-16(25)20-2)15-12-23(3)9-4-10-24(15)18;1-4(2)3;;/h14H,1,4-12H2,2-3H3,(H,20,25)(H,21,26);4H,1-3H3;2*1H. The number of imidazole rings is 1. The zero-order chi connectivity index (χ0) is 22.3. The van der Waals surface area contributed by atoms with Crippen LogP contribution in [0.25, 0.3) is 0 Å². The van der Waals surface area contributed by atoms with Crippen molar-refractivity contribution in [2.45, 2.75) is 71.9 Å². The summed E-state index contributed by atoms with van der Waals surface area (Å²) in [6.45, 7) is 13.2. The number of rotatable bonds is 4. The van der Waals surface area contributed by atoms with Crippen molar-refractivity contribution in [3.05, 3.63) is 29.4 Å². The molecule has 2 heterocycles. The molecular weight excluding hydrogens is 378 g/mol. The number of aromatic nitrogens is 2. The van der Waals surface area contributed by atoms with E-state index in [9.17, 15) is 9.59 Å². The van der Waals surface area contributed by atoms with Crippen LogP contribution >= 0.6 is 0 Å². The zero-order valence-corrected chi connectivity index (χ0v) is 19.4. The highest BCUT2D eigenvalue weighted by Crippen LogP contribution is 2.36. The number of hydrogen-bond acceptors (Lipinski definition) is 4. The second kappa shape index (κ2) is 11.3. The van der Waals surface area contributed by atoms with Crippen LogP contribution in [0.15, 0.2) is 12.2 Å². The molecule has 2 N–H and O–H groups in total. The number of nitrogens with one attached hydrogen (secondary N) is 2. The van der Waals surface area contributed by atoms with Gasteiger partial charge in [-0.1, -0.05) is 32.9 Å². The van der Waals surface area contributed by atoms with Gasteiger partial charge in [0, 0.05) is 28.9 Å². The Hall–Kier alpha value is -2.15. The van der Waals surface area contributed by atoms with Gasteiger partial charge in [-0.05, 0) is 51.6 Å². The molecular formula is C23H43N5O2. The molecule has 7 nitrogen and oxygen atoms in total. The molecule has 1 aromatic rings. The van der Waals surface area contributed by atoms with E-state index in [2.05, 4.69) is 54.5 Å². The maximum Gasteiger partial charge on any atom is 0.272 e. The van der Waals surface area contributed by atoms with Crippen molar-refractivity contribution >= 4 is 11.8 Å². The van der Waals surface area contributed by atoms with Gasteiger partial charge in [0.25, 0.3) is 5.91 Å². The quantitative estimate of drug-likeness (QED) is 0.729. The molecule has 1 fully saturated rings. The fraction of sp³-hybridized carbons (Fsp3) is 0.696. The highest BCUT2D eigenvalue weighted by atomic mass is 16.2. The molecule has 7 heteroatoms. The minimum absolute atomic E-state index is 0. The monoisotopic (exact) mass is 421 g/mol. The van der Waals surface area contributed by atoms with Crippen molar-refractivity contribution in [1.82, 2.24) is 25.1 Å². The first-order valence-corrected chi connectivity index (χ1v) is 11.2. The average Bonchev–Trinajstić information content (AvgIpc) is 2.92. The minimum atomic E-state index is -0.265. The SMILES string of the molecule is C=C1CCC(c2nc(C(=O)NCC(=O)NC)c3n2CCCN(C)C3)CC1.CC(C)C.[HH].[HH]. The van der Waals surface area contributed by atoms with E-state index in [-0.39, 0.29) is 21.2 Å². The van der Waals surface area contributed by atoms with E-state index in [1.165, 1.54) is 5.57 Å². The van der Waals surface area contributed by atoms with Crippen LogP contribution < -0.4 is 10.6 Å². The van der Waals surface area contributed by atoms with Crippen LogP contribution in [-0.4, -0.2) is 53.5 Å². The van der Waals surface area contributed by atoms with E-state index in [1.54, 1.807) is 7.05 Å². The van der Waals surface area contributed by atoms with Crippen molar-refractivity contribution in [3.63, 3.8) is 0 Å². The van der Waals surface area contributed by atoms with Crippen LogP contribution in [0.1, 0.15) is 83.7 Å². The van der Waals surface area contributed by atoms with Gasteiger partial charge in [-0.3, -0.25) is 9.59 Å². The fourth-order valence-electron chi connectivity index (χ4n) is 3.86. The third kappa shape index (κ3) is 6.69. The maximum absolute atomic E-state index is 12.7. The van der Waals surface area contributed by atoms with E-state index >= 15 is 0 Å². The lowest BCUT2D eigenvalue weighted by Gasteiger charge is -2.23. The molecule has 1 saturated carbocycles. The Morgan fingerprint density at radius 2 is 1.87 bits per heavy atom. The Balaban J connectivity index is 0.00000148. The summed E-state index contributed by atoms with van der Waals surface area (Å²) in [4.78, 5) is 31.2. The number of carbonyl (C=O) groups excluding carboxylic acids is 2. The molecule has 0 bridgehead atoms. The van der Waals surface area contributed by atoms with Crippen LogP contribution in [0.4, 0.5) is 0 Å². The third-order valence-electron chi connectivity index (χ3n) is 5.40. The molecule has 0 unspecified atom stereocenters. The Morgan fingerprint density at radius 1 is 1.23 bits per heavy atom. The lowest BCUT2D eigenvalue weighted by Crippen LogP contribution is -2.36. The molecule has 0 spiro atoms. The van der Waals surface area contributed by atoms with Crippen LogP contribution in [0.3, 0.4) is 0 Å². The molecule has 0 radical (unpaired) electrons. The number of fused-ring (bicyclic) bond motifs is 1. The van der Waals surface area contributed by atoms with Gasteiger partial charge in [0.15, 0.2) is 5.69 Å². The first kappa shape index (κ1) is 24.1. The number of allylic oxidation sites excluding steroid dienone is 1. The molecule has 0 saturated heterocycles. The first-order valence-electron chi connectivity index (χ1n) is 11.2. The van der Waals surface area contributed by atoms with Crippen molar-refractivity contribution < 1.29 is 12.4 Å². The Bertz CT molecular complexity index is 751. The average molecular weight is 422 g/mol. The van der Waals surface area contributed by atoms with Crippen LogP contribution in [0.5, 0.6) is 0 Å². The smallest absolute Gasteiger partial charge is 0.272 e. The summed E-state index contributed by atoms with van der Waals surface area (Å²) in [5.74, 6) is 1.77. The Kier molecular flexibility index (Phi) is 9.08. The molecule has 2 amide bonds. The molecule has 2 aliphatic rings. The summed E-state index contributed by atoms with van der Waals surface area (Å²) in [6, 6.07) is 0. The highest BCUT2D eigenvalue weighted by molar-refractivity contribution is 5.96. The third-order valence-corrected chi connectivity index (χ3v) is 5.40. The zero-order valence-electron chi connectivity index (χ0n) is 19.4. The number of likely N-dealkylation sites (N-methyl/N-ethyl adjacent to an activating group) is 1. The van der Waals surface area contributed by atoms with Crippen LogP contribution in [0.2, 0.25) is 0 Å². The molecule has 0 atom stereocenters. The molecule has 3 rings (SSSR count). The lowest BCUT2D eigenvalue weighted by atomic mass is 9.86. The van der Waals surface area contributed by atoms with Gasteiger partial charge in [0.05, 0.1) is 12.2 Å². The van der Waals surface area contributed by atoms with Crippen molar-refractivity contribution in [3.8, 4) is 0 Å². The Morgan fingerprint density at radius 3 is 2.47 bits per heavy atom. The van der Waals surface area contributed by atoms with Crippen LogP contribution in [-0.2, 0) is 17.9 Å². The normalized spacial score (nSPS) is 17.6. The minimum Gasteiger partial charge on any atom is -0.358 e. The van der Waals surface area contributed by atoms with E-state index in [1.807, 2.05) is 0 Å². The van der Waals surface area contributed by atoms with Gasteiger partial charge in [-0.2, -0.15) is 0 Å². The predicted octanol–water partition coefficient (Wildman–Crippen LogP) is 3.56. The predicted molar refractivity (Wildman–Crippen MR) is 125 cm³/mol. The molecule has 1 aliphatic heterocycles. The van der Waals surface area contributed by atoms with Gasteiger partial charge in [0.1, 0.15) is 5.82 Å². The summed E-state index contributed by atoms with van der Waals surface area (Å²) >= 11 is 0. The van der Waals surface area contributed by atoms with Gasteiger partial charge < -0.3 is 20.1 Å². The van der Waals surface area contributed by atoms with E-state index in [0.717, 1.165) is 62.6 Å². The number of carbonyl (C=O) groups is 2. The summed E-state index contributed by atoms with van der Waals surface area (Å²) < 4.78 is 2.26. The largest absolute Gasteiger partial charge is 0.358 e. The van der Waals surface area contributed by atoms with Crippen molar-refractivity contribution in [2.75, 3.05) is 27.2 Å². The van der Waals surface area contributed by atoms with Gasteiger partial charge in [0.2, 0.25) is 5.91 Å². The summed E-state index contributed by atoms with van der Waals surface area (Å²) in [6.07, 6.45) is 5.20. The molecule has 172 valence electrons.